The van der Waals surface area contributed by atoms with Crippen LogP contribution in [0.5, 0.6) is 0 Å². The predicted octanol–water partition coefficient (Wildman–Crippen LogP) is 0.934. The van der Waals surface area contributed by atoms with Crippen LogP contribution in [0, 0.1) is 0 Å². The third kappa shape index (κ3) is 3.10. The number of aromatic amines is 1. The van der Waals surface area contributed by atoms with Gasteiger partial charge < -0.3 is 4.90 Å². The molecule has 0 amide bonds. The molecular formula is C14H15ClN4O3S. The van der Waals surface area contributed by atoms with Gasteiger partial charge in [0.25, 0.3) is 5.56 Å². The largest absolute Gasteiger partial charge is 0.366 e. The third-order valence-corrected chi connectivity index (χ3v) is 6.02. The van der Waals surface area contributed by atoms with Crippen LogP contribution >= 0.6 is 11.6 Å². The summed E-state index contributed by atoms with van der Waals surface area (Å²) in [5.41, 5.74) is 0.0654. The minimum absolute atomic E-state index is 0.0689. The summed E-state index contributed by atoms with van der Waals surface area (Å²) in [5.74, 6) is 0. The van der Waals surface area contributed by atoms with Crippen molar-refractivity contribution in [3.05, 3.63) is 51.9 Å². The molecule has 0 aliphatic carbocycles. The number of H-pyrrole nitrogens is 1. The number of rotatable bonds is 3. The fourth-order valence-corrected chi connectivity index (χ4v) is 4.16. The van der Waals surface area contributed by atoms with Gasteiger partial charge >= 0.3 is 0 Å². The summed E-state index contributed by atoms with van der Waals surface area (Å²) in [6.45, 7) is 1.52. The molecular weight excluding hydrogens is 340 g/mol. The van der Waals surface area contributed by atoms with E-state index < -0.39 is 15.6 Å². The highest BCUT2D eigenvalue weighted by atomic mass is 35.5. The maximum absolute atomic E-state index is 12.6. The molecule has 122 valence electrons. The zero-order valence-corrected chi connectivity index (χ0v) is 13.7. The summed E-state index contributed by atoms with van der Waals surface area (Å²) >= 11 is 5.99. The molecule has 2 aromatic rings. The maximum Gasteiger partial charge on any atom is 0.285 e. The number of nitrogens with zero attached hydrogens (tertiary/aromatic N) is 3. The van der Waals surface area contributed by atoms with Gasteiger partial charge in [-0.3, -0.25) is 4.79 Å². The van der Waals surface area contributed by atoms with Gasteiger partial charge in [0, 0.05) is 26.2 Å². The molecule has 7 nitrogen and oxygen atoms in total. The van der Waals surface area contributed by atoms with Gasteiger partial charge in [-0.15, -0.1) is 0 Å². The lowest BCUT2D eigenvalue weighted by Gasteiger charge is -2.35. The first-order valence-corrected chi connectivity index (χ1v) is 8.85. The van der Waals surface area contributed by atoms with Crippen molar-refractivity contribution < 1.29 is 8.42 Å². The molecule has 1 aliphatic rings. The van der Waals surface area contributed by atoms with E-state index in [1.54, 1.807) is 30.3 Å². The Morgan fingerprint density at radius 3 is 2.39 bits per heavy atom. The minimum atomic E-state index is -3.50. The Balaban J connectivity index is 1.76. The van der Waals surface area contributed by atoms with Crippen molar-refractivity contribution in [3.8, 4) is 0 Å². The number of halogens is 1. The number of benzene rings is 1. The number of anilines is 1. The summed E-state index contributed by atoms with van der Waals surface area (Å²) in [7, 11) is -3.50. The van der Waals surface area contributed by atoms with Crippen molar-refractivity contribution >= 4 is 27.3 Å². The molecule has 0 unspecified atom stereocenters. The van der Waals surface area contributed by atoms with Crippen LogP contribution in [-0.4, -0.2) is 49.1 Å². The third-order valence-electron chi connectivity index (χ3n) is 3.74. The standard InChI is InChI=1S/C14H15ClN4O3S/c15-13-12(10-16-17-14(13)20)18-6-8-19(9-7-18)23(21,22)11-4-2-1-3-5-11/h1-5,10H,6-9H2,(H,17,20). The summed E-state index contributed by atoms with van der Waals surface area (Å²) in [4.78, 5) is 13.7. The quantitative estimate of drug-likeness (QED) is 0.886. The highest BCUT2D eigenvalue weighted by Gasteiger charge is 2.29. The average Bonchev–Trinajstić information content (AvgIpc) is 2.58. The van der Waals surface area contributed by atoms with Gasteiger partial charge in [-0.25, -0.2) is 13.5 Å². The lowest BCUT2D eigenvalue weighted by Crippen LogP contribution is -2.49. The fourth-order valence-electron chi connectivity index (χ4n) is 2.51. The van der Waals surface area contributed by atoms with Crippen LogP contribution in [0.2, 0.25) is 5.02 Å². The normalized spacial score (nSPS) is 16.5. The van der Waals surface area contributed by atoms with Crippen LogP contribution < -0.4 is 10.5 Å². The molecule has 0 radical (unpaired) electrons. The molecule has 2 heterocycles. The Hall–Kier alpha value is -1.90. The summed E-state index contributed by atoms with van der Waals surface area (Å²) < 4.78 is 26.6. The molecule has 1 saturated heterocycles. The van der Waals surface area contributed by atoms with E-state index in [1.807, 2.05) is 4.90 Å². The van der Waals surface area contributed by atoms with Crippen LogP contribution in [-0.2, 0) is 10.0 Å². The molecule has 9 heteroatoms. The van der Waals surface area contributed by atoms with Crippen LogP contribution in [0.4, 0.5) is 5.69 Å². The van der Waals surface area contributed by atoms with Gasteiger partial charge in [-0.2, -0.15) is 9.40 Å². The van der Waals surface area contributed by atoms with Crippen molar-refractivity contribution in [1.29, 1.82) is 0 Å². The molecule has 0 atom stereocenters. The molecule has 0 saturated carbocycles. The monoisotopic (exact) mass is 354 g/mol. The van der Waals surface area contributed by atoms with Gasteiger partial charge in [0.15, 0.2) is 0 Å². The van der Waals surface area contributed by atoms with Crippen LogP contribution in [0.15, 0.2) is 46.2 Å². The van der Waals surface area contributed by atoms with E-state index >= 15 is 0 Å². The lowest BCUT2D eigenvalue weighted by atomic mass is 10.3. The van der Waals surface area contributed by atoms with Gasteiger partial charge in [-0.05, 0) is 12.1 Å². The molecule has 1 aromatic heterocycles. The second-order valence-corrected chi connectivity index (χ2v) is 7.42. The highest BCUT2D eigenvalue weighted by molar-refractivity contribution is 7.89. The number of aromatic nitrogens is 2. The van der Waals surface area contributed by atoms with Crippen molar-refractivity contribution in [2.24, 2.45) is 0 Å². The second-order valence-electron chi connectivity index (χ2n) is 5.10. The van der Waals surface area contributed by atoms with E-state index in [1.165, 1.54) is 10.5 Å². The lowest BCUT2D eigenvalue weighted by molar-refractivity contribution is 0.384. The van der Waals surface area contributed by atoms with Crippen LogP contribution in [0.25, 0.3) is 0 Å². The topological polar surface area (TPSA) is 86.4 Å². The molecule has 1 N–H and O–H groups in total. The second kappa shape index (κ2) is 6.31. The Morgan fingerprint density at radius 1 is 1.09 bits per heavy atom. The molecule has 3 rings (SSSR count). The van der Waals surface area contributed by atoms with Gasteiger partial charge in [0.2, 0.25) is 10.0 Å². The number of hydrogen-bond donors (Lipinski definition) is 1. The molecule has 0 spiro atoms. The van der Waals surface area contributed by atoms with E-state index in [0.717, 1.165) is 0 Å². The maximum atomic E-state index is 12.6. The number of piperazine rings is 1. The zero-order chi connectivity index (χ0) is 16.4. The van der Waals surface area contributed by atoms with Crippen molar-refractivity contribution in [2.45, 2.75) is 4.90 Å². The molecule has 23 heavy (non-hydrogen) atoms. The molecule has 1 aromatic carbocycles. The minimum Gasteiger partial charge on any atom is -0.366 e. The van der Waals surface area contributed by atoms with E-state index in [-0.39, 0.29) is 9.92 Å². The number of nitrogens with one attached hydrogen (secondary N) is 1. The highest BCUT2D eigenvalue weighted by Crippen LogP contribution is 2.24. The van der Waals surface area contributed by atoms with E-state index in [9.17, 15) is 13.2 Å². The summed E-state index contributed by atoms with van der Waals surface area (Å²) in [6, 6.07) is 8.34. The average molecular weight is 355 g/mol. The first-order valence-electron chi connectivity index (χ1n) is 7.03. The Kier molecular flexibility index (Phi) is 4.38. The Morgan fingerprint density at radius 2 is 1.74 bits per heavy atom. The number of sulfonamides is 1. The number of hydrogen-bond acceptors (Lipinski definition) is 5. The van der Waals surface area contributed by atoms with E-state index in [4.69, 9.17) is 11.6 Å². The van der Waals surface area contributed by atoms with Crippen molar-refractivity contribution in [2.75, 3.05) is 31.1 Å². The molecule has 1 fully saturated rings. The first-order chi connectivity index (χ1) is 11.0. The molecule has 0 bridgehead atoms. The van der Waals surface area contributed by atoms with E-state index in [2.05, 4.69) is 10.2 Å². The van der Waals surface area contributed by atoms with Crippen molar-refractivity contribution in [1.82, 2.24) is 14.5 Å². The van der Waals surface area contributed by atoms with Gasteiger partial charge in [-0.1, -0.05) is 29.8 Å². The SMILES string of the molecule is O=c1[nH]ncc(N2CCN(S(=O)(=O)c3ccccc3)CC2)c1Cl. The van der Waals surface area contributed by atoms with Gasteiger partial charge in [0.1, 0.15) is 5.02 Å². The predicted molar refractivity (Wildman–Crippen MR) is 87.3 cm³/mol. The van der Waals surface area contributed by atoms with Crippen molar-refractivity contribution in [3.63, 3.8) is 0 Å². The first kappa shape index (κ1) is 16.0. The van der Waals surface area contributed by atoms with E-state index in [0.29, 0.717) is 31.9 Å². The smallest absolute Gasteiger partial charge is 0.285 e. The Labute approximate surface area is 138 Å². The summed E-state index contributed by atoms with van der Waals surface area (Å²) in [5, 5.41) is 6.07. The summed E-state index contributed by atoms with van der Waals surface area (Å²) in [6.07, 6.45) is 1.48. The van der Waals surface area contributed by atoms with Crippen LogP contribution in [0.3, 0.4) is 0 Å². The zero-order valence-electron chi connectivity index (χ0n) is 12.1. The Bertz CT molecular complexity index is 846. The van der Waals surface area contributed by atoms with Gasteiger partial charge in [0.05, 0.1) is 16.8 Å². The molecule has 1 aliphatic heterocycles. The van der Waals surface area contributed by atoms with Crippen LogP contribution in [0.1, 0.15) is 0 Å². The fraction of sp³-hybridized carbons (Fsp3) is 0.286.